The van der Waals surface area contributed by atoms with Gasteiger partial charge in [-0.15, -0.1) is 0 Å². The van der Waals surface area contributed by atoms with Gasteiger partial charge in [0.05, 0.1) is 25.2 Å². The van der Waals surface area contributed by atoms with E-state index in [-0.39, 0.29) is 33.0 Å². The highest BCUT2D eigenvalue weighted by Gasteiger charge is 2.51. The number of phosphoric ester groups is 1. The van der Waals surface area contributed by atoms with Gasteiger partial charge in [-0.25, -0.2) is 9.36 Å². The van der Waals surface area contributed by atoms with E-state index in [0.717, 1.165) is 11.1 Å². The van der Waals surface area contributed by atoms with Crippen LogP contribution in [0.2, 0.25) is 0 Å². The number of benzene rings is 1. The van der Waals surface area contributed by atoms with Crippen molar-refractivity contribution in [2.24, 2.45) is 5.41 Å². The van der Waals surface area contributed by atoms with Crippen molar-refractivity contribution in [1.29, 1.82) is 0 Å². The highest BCUT2D eigenvalue weighted by molar-refractivity contribution is 7.48. The number of carbonyl (C=O) groups is 1. The first-order chi connectivity index (χ1) is 10.9. The molecule has 126 valence electrons. The van der Waals surface area contributed by atoms with Crippen LogP contribution in [-0.2, 0) is 27.7 Å². The summed E-state index contributed by atoms with van der Waals surface area (Å²) in [6.07, 6.45) is 0. The lowest BCUT2D eigenvalue weighted by atomic mass is 9.92. The standard InChI is InChI=1S/C15H19O7P/c1-11-4-3-5-13(12(11)2)18-6-14(16)19-7-15-8-20-23(17,21-9-15)22-10-15/h3-5H,6-10H2,1-2H3. The van der Waals surface area contributed by atoms with Crippen molar-refractivity contribution in [3.8, 4) is 5.75 Å². The SMILES string of the molecule is Cc1cccc(OCC(=O)OCC23COP(=O)(OC2)OC3)c1C. The van der Waals surface area contributed by atoms with Crippen LogP contribution in [0.1, 0.15) is 11.1 Å². The van der Waals surface area contributed by atoms with Crippen LogP contribution in [0.3, 0.4) is 0 Å². The van der Waals surface area contributed by atoms with Crippen molar-refractivity contribution in [3.63, 3.8) is 0 Å². The Morgan fingerprint density at radius 3 is 2.52 bits per heavy atom. The zero-order chi connectivity index (χ0) is 16.5. The molecule has 0 spiro atoms. The molecule has 3 aliphatic rings. The second-order valence-electron chi connectivity index (χ2n) is 5.91. The van der Waals surface area contributed by atoms with E-state index in [4.69, 9.17) is 23.0 Å². The van der Waals surface area contributed by atoms with Crippen LogP contribution < -0.4 is 4.74 Å². The number of rotatable bonds is 5. The van der Waals surface area contributed by atoms with Crippen LogP contribution in [0.5, 0.6) is 5.75 Å². The minimum atomic E-state index is -3.35. The Bertz CT molecular complexity index is 626. The molecule has 1 aromatic carbocycles. The van der Waals surface area contributed by atoms with E-state index in [1.54, 1.807) is 0 Å². The highest BCUT2D eigenvalue weighted by atomic mass is 31.2. The first-order valence-corrected chi connectivity index (χ1v) is 8.76. The number of hydrogen-bond acceptors (Lipinski definition) is 7. The molecule has 3 heterocycles. The summed E-state index contributed by atoms with van der Waals surface area (Å²) in [4.78, 5) is 11.9. The van der Waals surface area contributed by atoms with Gasteiger partial charge in [0, 0.05) is 0 Å². The number of fused-ring (bicyclic) bond motifs is 3. The van der Waals surface area contributed by atoms with Crippen LogP contribution >= 0.6 is 7.82 Å². The average molecular weight is 342 g/mol. The molecule has 0 unspecified atom stereocenters. The Morgan fingerprint density at radius 1 is 1.22 bits per heavy atom. The van der Waals surface area contributed by atoms with Crippen molar-refractivity contribution < 1.29 is 32.4 Å². The van der Waals surface area contributed by atoms with Crippen LogP contribution in [0.15, 0.2) is 18.2 Å². The number of carbonyl (C=O) groups excluding carboxylic acids is 1. The maximum absolute atomic E-state index is 11.9. The van der Waals surface area contributed by atoms with Gasteiger partial charge in [-0.2, -0.15) is 0 Å². The van der Waals surface area contributed by atoms with E-state index < -0.39 is 19.2 Å². The molecule has 0 aromatic heterocycles. The number of esters is 1. The van der Waals surface area contributed by atoms with E-state index in [9.17, 15) is 9.36 Å². The fraction of sp³-hybridized carbons (Fsp3) is 0.533. The molecular weight excluding hydrogens is 323 g/mol. The molecule has 0 aliphatic carbocycles. The van der Waals surface area contributed by atoms with Crippen molar-refractivity contribution >= 4 is 13.8 Å². The molecule has 0 atom stereocenters. The van der Waals surface area contributed by atoms with Crippen LogP contribution in [0, 0.1) is 19.3 Å². The summed E-state index contributed by atoms with van der Waals surface area (Å²) >= 11 is 0. The molecule has 4 rings (SSSR count). The molecule has 7 nitrogen and oxygen atoms in total. The molecule has 23 heavy (non-hydrogen) atoms. The van der Waals surface area contributed by atoms with E-state index in [1.165, 1.54) is 0 Å². The van der Waals surface area contributed by atoms with Gasteiger partial charge < -0.3 is 9.47 Å². The smallest absolute Gasteiger partial charge is 0.474 e. The predicted octanol–water partition coefficient (Wildman–Crippen LogP) is 2.40. The van der Waals surface area contributed by atoms with Gasteiger partial charge in [0.15, 0.2) is 6.61 Å². The maximum Gasteiger partial charge on any atom is 0.474 e. The Hall–Kier alpha value is -1.40. The quantitative estimate of drug-likeness (QED) is 0.600. The average Bonchev–Trinajstić information content (AvgIpc) is 2.56. The summed E-state index contributed by atoms with van der Waals surface area (Å²) in [5.41, 5.74) is 1.49. The summed E-state index contributed by atoms with van der Waals surface area (Å²) in [6.45, 7) is 4.37. The lowest BCUT2D eigenvalue weighted by Gasteiger charge is -2.43. The van der Waals surface area contributed by atoms with Crippen molar-refractivity contribution in [2.75, 3.05) is 33.0 Å². The largest absolute Gasteiger partial charge is 0.482 e. The minimum Gasteiger partial charge on any atom is -0.482 e. The molecule has 3 saturated heterocycles. The number of aryl methyl sites for hydroxylation is 1. The molecule has 0 N–H and O–H groups in total. The normalized spacial score (nSPS) is 29.3. The zero-order valence-corrected chi connectivity index (χ0v) is 14.0. The Kier molecular flexibility index (Phi) is 4.47. The summed E-state index contributed by atoms with van der Waals surface area (Å²) in [6, 6.07) is 5.66. The number of phosphoric acid groups is 1. The summed E-state index contributed by atoms with van der Waals surface area (Å²) < 4.78 is 37.5. The van der Waals surface area contributed by atoms with Gasteiger partial charge in [0.2, 0.25) is 0 Å². The molecule has 0 saturated carbocycles. The predicted molar refractivity (Wildman–Crippen MR) is 80.3 cm³/mol. The van der Waals surface area contributed by atoms with Crippen LogP contribution in [0.25, 0.3) is 0 Å². The summed E-state index contributed by atoms with van der Waals surface area (Å²) in [7, 11) is -3.35. The van der Waals surface area contributed by atoms with Gasteiger partial charge in [0.25, 0.3) is 0 Å². The minimum absolute atomic E-state index is 0.0714. The van der Waals surface area contributed by atoms with E-state index in [1.807, 2.05) is 32.0 Å². The fourth-order valence-electron chi connectivity index (χ4n) is 2.30. The first kappa shape index (κ1) is 16.5. The first-order valence-electron chi connectivity index (χ1n) is 7.30. The molecule has 8 heteroatoms. The number of hydrogen-bond donors (Lipinski definition) is 0. The lowest BCUT2D eigenvalue weighted by molar-refractivity contribution is -0.161. The van der Waals surface area contributed by atoms with Gasteiger partial charge in [-0.1, -0.05) is 12.1 Å². The second-order valence-corrected chi connectivity index (χ2v) is 7.58. The van der Waals surface area contributed by atoms with E-state index >= 15 is 0 Å². The molecule has 3 aliphatic heterocycles. The third-order valence-corrected chi connectivity index (χ3v) is 5.36. The Morgan fingerprint density at radius 2 is 1.87 bits per heavy atom. The topological polar surface area (TPSA) is 80.3 Å². The zero-order valence-electron chi connectivity index (χ0n) is 13.1. The number of ether oxygens (including phenoxy) is 2. The maximum atomic E-state index is 11.9. The van der Waals surface area contributed by atoms with Crippen molar-refractivity contribution in [3.05, 3.63) is 29.3 Å². The van der Waals surface area contributed by atoms with E-state index in [0.29, 0.717) is 5.75 Å². The van der Waals surface area contributed by atoms with Gasteiger partial charge in [0.1, 0.15) is 12.4 Å². The Balaban J connectivity index is 1.49. The monoisotopic (exact) mass is 342 g/mol. The van der Waals surface area contributed by atoms with Gasteiger partial charge in [-0.3, -0.25) is 13.6 Å². The molecule has 0 amide bonds. The highest BCUT2D eigenvalue weighted by Crippen LogP contribution is 2.59. The summed E-state index contributed by atoms with van der Waals surface area (Å²) in [5, 5.41) is 0. The third kappa shape index (κ3) is 3.58. The summed E-state index contributed by atoms with van der Waals surface area (Å²) in [5.74, 6) is 0.172. The molecule has 3 fully saturated rings. The van der Waals surface area contributed by atoms with Gasteiger partial charge in [-0.05, 0) is 31.0 Å². The van der Waals surface area contributed by atoms with Crippen molar-refractivity contribution in [1.82, 2.24) is 0 Å². The van der Waals surface area contributed by atoms with Crippen LogP contribution in [0.4, 0.5) is 0 Å². The fourth-order valence-corrected chi connectivity index (χ4v) is 3.82. The second kappa shape index (κ2) is 6.24. The molecular formula is C15H19O7P. The molecule has 2 bridgehead atoms. The Labute approximate surface area is 134 Å². The third-order valence-electron chi connectivity index (χ3n) is 4.03. The van der Waals surface area contributed by atoms with Crippen molar-refractivity contribution in [2.45, 2.75) is 13.8 Å². The lowest BCUT2D eigenvalue weighted by Crippen LogP contribution is -2.48. The molecule has 0 radical (unpaired) electrons. The molecule has 1 aromatic rings. The van der Waals surface area contributed by atoms with Crippen LogP contribution in [-0.4, -0.2) is 39.0 Å². The van der Waals surface area contributed by atoms with E-state index in [2.05, 4.69) is 0 Å². The van der Waals surface area contributed by atoms with Gasteiger partial charge >= 0.3 is 13.8 Å².